The first kappa shape index (κ1) is 12.9. The molecule has 2 aromatic rings. The van der Waals surface area contributed by atoms with E-state index in [0.717, 1.165) is 35.6 Å². The molecule has 0 aliphatic carbocycles. The molecule has 18 heavy (non-hydrogen) atoms. The number of ether oxygens (including phenoxy) is 1. The first-order valence-corrected chi connectivity index (χ1v) is 6.11. The van der Waals surface area contributed by atoms with Crippen molar-refractivity contribution in [3.63, 3.8) is 0 Å². The molecule has 0 aliphatic heterocycles. The number of hydrogen-bond acceptors (Lipinski definition) is 4. The average molecular weight is 249 g/mol. The topological polar surface area (TPSA) is 73.3 Å². The predicted molar refractivity (Wildman–Crippen MR) is 70.6 cm³/mol. The van der Waals surface area contributed by atoms with Crippen LogP contribution >= 0.6 is 0 Å². The molecule has 5 nitrogen and oxygen atoms in total. The largest absolute Gasteiger partial charge is 0.497 e. The molecule has 2 rings (SSSR count). The van der Waals surface area contributed by atoms with E-state index in [4.69, 9.17) is 10.5 Å². The fourth-order valence-electron chi connectivity index (χ4n) is 2.08. The minimum absolute atomic E-state index is 0.107. The van der Waals surface area contributed by atoms with Gasteiger partial charge in [-0.3, -0.25) is 0 Å². The van der Waals surface area contributed by atoms with E-state index in [9.17, 15) is 5.11 Å². The fraction of sp³-hybridized carbons (Fsp3) is 0.462. The van der Waals surface area contributed by atoms with Crippen LogP contribution in [0.3, 0.4) is 0 Å². The number of aryl methyl sites for hydroxylation is 1. The fourth-order valence-corrected chi connectivity index (χ4v) is 2.08. The van der Waals surface area contributed by atoms with Crippen LogP contribution in [0.4, 0.5) is 0 Å². The number of fused-ring (bicyclic) bond motifs is 1. The van der Waals surface area contributed by atoms with Crippen LogP contribution in [0, 0.1) is 0 Å². The van der Waals surface area contributed by atoms with E-state index < -0.39 is 6.04 Å². The van der Waals surface area contributed by atoms with Crippen molar-refractivity contribution in [3.8, 4) is 5.75 Å². The Balaban J connectivity index is 2.58. The highest BCUT2D eigenvalue weighted by atomic mass is 16.5. The lowest BCUT2D eigenvalue weighted by molar-refractivity contribution is 0.261. The highest BCUT2D eigenvalue weighted by Gasteiger charge is 2.16. The number of aromatic nitrogens is 2. The van der Waals surface area contributed by atoms with Gasteiger partial charge in [0.1, 0.15) is 11.6 Å². The summed E-state index contributed by atoms with van der Waals surface area (Å²) < 4.78 is 7.25. The van der Waals surface area contributed by atoms with Crippen LogP contribution in [-0.2, 0) is 6.54 Å². The summed E-state index contributed by atoms with van der Waals surface area (Å²) in [5, 5.41) is 9.20. The standard InChI is InChI=1S/C13H19N3O2/c1-3-6-16-12-5-4-9(18-2)7-11(12)15-13(16)10(14)8-17/h4-5,7,10,17H,3,6,8,14H2,1-2H3. The number of hydrogen-bond donors (Lipinski definition) is 2. The summed E-state index contributed by atoms with van der Waals surface area (Å²) in [5.41, 5.74) is 7.77. The molecule has 5 heteroatoms. The maximum atomic E-state index is 9.20. The molecule has 3 N–H and O–H groups in total. The molecule has 1 atom stereocenters. The van der Waals surface area contributed by atoms with Crippen molar-refractivity contribution >= 4 is 11.0 Å². The van der Waals surface area contributed by atoms with E-state index in [-0.39, 0.29) is 6.61 Å². The Morgan fingerprint density at radius 1 is 1.50 bits per heavy atom. The van der Waals surface area contributed by atoms with Gasteiger partial charge < -0.3 is 20.1 Å². The van der Waals surface area contributed by atoms with Gasteiger partial charge in [-0.15, -0.1) is 0 Å². The minimum Gasteiger partial charge on any atom is -0.497 e. The van der Waals surface area contributed by atoms with E-state index in [1.165, 1.54) is 0 Å². The second-order valence-electron chi connectivity index (χ2n) is 4.27. The number of benzene rings is 1. The normalized spacial score (nSPS) is 12.9. The highest BCUT2D eigenvalue weighted by molar-refractivity contribution is 5.78. The SMILES string of the molecule is CCCn1c(C(N)CO)nc2cc(OC)ccc21. The lowest BCUT2D eigenvalue weighted by Crippen LogP contribution is -2.20. The molecular weight excluding hydrogens is 230 g/mol. The zero-order valence-electron chi connectivity index (χ0n) is 10.8. The van der Waals surface area contributed by atoms with Gasteiger partial charge in [0.05, 0.1) is 30.8 Å². The summed E-state index contributed by atoms with van der Waals surface area (Å²) >= 11 is 0. The number of nitrogens with zero attached hydrogens (tertiary/aromatic N) is 2. The molecule has 0 aliphatic rings. The number of imidazole rings is 1. The van der Waals surface area contributed by atoms with Gasteiger partial charge in [-0.25, -0.2) is 4.98 Å². The van der Waals surface area contributed by atoms with Crippen molar-refractivity contribution < 1.29 is 9.84 Å². The first-order chi connectivity index (χ1) is 8.71. The molecule has 0 spiro atoms. The van der Waals surface area contributed by atoms with Crippen LogP contribution in [0.1, 0.15) is 25.2 Å². The summed E-state index contributed by atoms with van der Waals surface area (Å²) in [6.45, 7) is 2.83. The summed E-state index contributed by atoms with van der Waals surface area (Å²) in [4.78, 5) is 4.51. The second kappa shape index (κ2) is 5.37. The van der Waals surface area contributed by atoms with E-state index in [1.54, 1.807) is 7.11 Å². The Morgan fingerprint density at radius 2 is 2.28 bits per heavy atom. The highest BCUT2D eigenvalue weighted by Crippen LogP contribution is 2.24. The monoisotopic (exact) mass is 249 g/mol. The van der Waals surface area contributed by atoms with Crippen molar-refractivity contribution in [2.75, 3.05) is 13.7 Å². The Kier molecular flexibility index (Phi) is 3.84. The van der Waals surface area contributed by atoms with Gasteiger partial charge in [0.2, 0.25) is 0 Å². The van der Waals surface area contributed by atoms with Crippen molar-refractivity contribution in [2.45, 2.75) is 25.9 Å². The smallest absolute Gasteiger partial charge is 0.129 e. The van der Waals surface area contributed by atoms with Gasteiger partial charge in [0.15, 0.2) is 0 Å². The zero-order chi connectivity index (χ0) is 13.1. The van der Waals surface area contributed by atoms with Gasteiger partial charge >= 0.3 is 0 Å². The minimum atomic E-state index is -0.449. The van der Waals surface area contributed by atoms with E-state index in [0.29, 0.717) is 0 Å². The molecule has 1 unspecified atom stereocenters. The molecular formula is C13H19N3O2. The van der Waals surface area contributed by atoms with Crippen LogP contribution in [0.15, 0.2) is 18.2 Å². The van der Waals surface area contributed by atoms with Crippen LogP contribution in [0.5, 0.6) is 5.75 Å². The lowest BCUT2D eigenvalue weighted by Gasteiger charge is -2.11. The molecule has 1 aromatic carbocycles. The third-order valence-electron chi connectivity index (χ3n) is 2.96. The molecule has 0 amide bonds. The molecule has 0 radical (unpaired) electrons. The second-order valence-corrected chi connectivity index (χ2v) is 4.27. The number of methoxy groups -OCH3 is 1. The Hall–Kier alpha value is -1.59. The first-order valence-electron chi connectivity index (χ1n) is 6.11. The third kappa shape index (κ3) is 2.19. The zero-order valence-corrected chi connectivity index (χ0v) is 10.8. The van der Waals surface area contributed by atoms with E-state index >= 15 is 0 Å². The van der Waals surface area contributed by atoms with Crippen molar-refractivity contribution in [1.82, 2.24) is 9.55 Å². The van der Waals surface area contributed by atoms with Crippen LogP contribution < -0.4 is 10.5 Å². The van der Waals surface area contributed by atoms with Gasteiger partial charge in [-0.05, 0) is 18.6 Å². The maximum absolute atomic E-state index is 9.20. The molecule has 0 bridgehead atoms. The van der Waals surface area contributed by atoms with E-state index in [1.807, 2.05) is 18.2 Å². The van der Waals surface area contributed by atoms with Gasteiger partial charge in [-0.2, -0.15) is 0 Å². The summed E-state index contributed by atoms with van der Waals surface area (Å²) in [6.07, 6.45) is 0.989. The summed E-state index contributed by atoms with van der Waals surface area (Å²) in [6, 6.07) is 5.32. The lowest BCUT2D eigenvalue weighted by atomic mass is 10.3. The molecule has 0 fully saturated rings. The van der Waals surface area contributed by atoms with Gasteiger partial charge in [-0.1, -0.05) is 6.92 Å². The van der Waals surface area contributed by atoms with Crippen molar-refractivity contribution in [1.29, 1.82) is 0 Å². The molecule has 0 saturated heterocycles. The maximum Gasteiger partial charge on any atom is 0.129 e. The van der Waals surface area contributed by atoms with Crippen LogP contribution in [0.2, 0.25) is 0 Å². The summed E-state index contributed by atoms with van der Waals surface area (Å²) in [5.74, 6) is 1.50. The Bertz CT molecular complexity index is 536. The Morgan fingerprint density at radius 3 is 2.89 bits per heavy atom. The summed E-state index contributed by atoms with van der Waals surface area (Å²) in [7, 11) is 1.63. The number of aliphatic hydroxyl groups is 1. The number of rotatable bonds is 5. The number of nitrogens with two attached hydrogens (primary N) is 1. The predicted octanol–water partition coefficient (Wildman–Crippen LogP) is 1.45. The Labute approximate surface area is 106 Å². The average Bonchev–Trinajstić information content (AvgIpc) is 2.76. The molecule has 0 saturated carbocycles. The van der Waals surface area contributed by atoms with Crippen molar-refractivity contribution in [3.05, 3.63) is 24.0 Å². The van der Waals surface area contributed by atoms with Crippen LogP contribution in [-0.4, -0.2) is 28.4 Å². The van der Waals surface area contributed by atoms with Crippen molar-refractivity contribution in [2.24, 2.45) is 5.73 Å². The third-order valence-corrected chi connectivity index (χ3v) is 2.96. The molecule has 98 valence electrons. The van der Waals surface area contributed by atoms with Crippen LogP contribution in [0.25, 0.3) is 11.0 Å². The van der Waals surface area contributed by atoms with E-state index in [2.05, 4.69) is 16.5 Å². The van der Waals surface area contributed by atoms with Gasteiger partial charge in [0.25, 0.3) is 0 Å². The quantitative estimate of drug-likeness (QED) is 0.841. The molecule has 1 heterocycles. The van der Waals surface area contributed by atoms with Gasteiger partial charge in [0, 0.05) is 12.6 Å². The molecule has 1 aromatic heterocycles. The number of aliphatic hydroxyl groups excluding tert-OH is 1.